The summed E-state index contributed by atoms with van der Waals surface area (Å²) in [7, 11) is -3.49. The molecule has 0 aromatic heterocycles. The van der Waals surface area contributed by atoms with Crippen LogP contribution in [-0.4, -0.2) is 31.2 Å². The average Bonchev–Trinajstić information content (AvgIpc) is 2.30. The first kappa shape index (κ1) is 12.8. The summed E-state index contributed by atoms with van der Waals surface area (Å²) in [5.41, 5.74) is 0. The van der Waals surface area contributed by atoms with E-state index in [1.165, 1.54) is 16.4 Å². The summed E-state index contributed by atoms with van der Waals surface area (Å²) in [5, 5.41) is 0.0506. The number of hydrogen-bond acceptors (Lipinski definition) is 2. The molecule has 6 heteroatoms. The van der Waals surface area contributed by atoms with Crippen molar-refractivity contribution in [3.05, 3.63) is 30.1 Å². The van der Waals surface area contributed by atoms with Gasteiger partial charge in [0.25, 0.3) is 0 Å². The summed E-state index contributed by atoms with van der Waals surface area (Å²) in [5.74, 6) is -0.441. The lowest BCUT2D eigenvalue weighted by Gasteiger charge is -2.28. The molecule has 0 amide bonds. The van der Waals surface area contributed by atoms with Crippen molar-refractivity contribution in [3.63, 3.8) is 0 Å². The molecule has 0 saturated carbocycles. The van der Waals surface area contributed by atoms with E-state index >= 15 is 0 Å². The standard InChI is InChI=1S/C11H13ClFNO2S/c12-9-5-7-14(8-6-9)17(15,16)11-3-1-10(13)2-4-11/h1-4,9H,5-8H2. The molecule has 0 spiro atoms. The van der Waals surface area contributed by atoms with Gasteiger partial charge in [0.15, 0.2) is 0 Å². The molecule has 0 aliphatic carbocycles. The molecular weight excluding hydrogens is 265 g/mol. The Labute approximate surface area is 105 Å². The van der Waals surface area contributed by atoms with Crippen LogP contribution < -0.4 is 0 Å². The van der Waals surface area contributed by atoms with Crippen LogP contribution in [0.3, 0.4) is 0 Å². The maximum Gasteiger partial charge on any atom is 0.243 e. The van der Waals surface area contributed by atoms with Gasteiger partial charge in [-0.3, -0.25) is 0 Å². The van der Waals surface area contributed by atoms with Crippen LogP contribution in [0.1, 0.15) is 12.8 Å². The summed E-state index contributed by atoms with van der Waals surface area (Å²) >= 11 is 5.93. The first-order chi connectivity index (χ1) is 8.00. The lowest BCUT2D eigenvalue weighted by atomic mass is 10.2. The zero-order valence-electron chi connectivity index (χ0n) is 9.14. The predicted octanol–water partition coefficient (Wildman–Crippen LogP) is 2.22. The van der Waals surface area contributed by atoms with E-state index in [4.69, 9.17) is 11.6 Å². The molecule has 17 heavy (non-hydrogen) atoms. The number of nitrogens with zero attached hydrogens (tertiary/aromatic N) is 1. The van der Waals surface area contributed by atoms with Gasteiger partial charge in [-0.1, -0.05) is 0 Å². The zero-order chi connectivity index (χ0) is 12.5. The van der Waals surface area contributed by atoms with Gasteiger partial charge in [-0.25, -0.2) is 12.8 Å². The molecule has 0 unspecified atom stereocenters. The van der Waals surface area contributed by atoms with Crippen LogP contribution in [0.25, 0.3) is 0 Å². The average molecular weight is 278 g/mol. The molecule has 0 atom stereocenters. The number of rotatable bonds is 2. The predicted molar refractivity (Wildman–Crippen MR) is 64.0 cm³/mol. The van der Waals surface area contributed by atoms with Crippen molar-refractivity contribution in [3.8, 4) is 0 Å². The van der Waals surface area contributed by atoms with Crippen LogP contribution in [0.5, 0.6) is 0 Å². The first-order valence-corrected chi connectivity index (χ1v) is 7.27. The van der Waals surface area contributed by atoms with Crippen molar-refractivity contribution in [2.75, 3.05) is 13.1 Å². The van der Waals surface area contributed by atoms with E-state index in [9.17, 15) is 12.8 Å². The molecule has 1 fully saturated rings. The molecule has 94 valence electrons. The van der Waals surface area contributed by atoms with Gasteiger partial charge in [-0.05, 0) is 37.1 Å². The lowest BCUT2D eigenvalue weighted by molar-refractivity contribution is 0.350. The molecule has 3 nitrogen and oxygen atoms in total. The molecule has 1 saturated heterocycles. The highest BCUT2D eigenvalue weighted by molar-refractivity contribution is 7.89. The Kier molecular flexibility index (Phi) is 3.70. The topological polar surface area (TPSA) is 37.4 Å². The fourth-order valence-corrected chi connectivity index (χ4v) is 3.49. The van der Waals surface area contributed by atoms with Gasteiger partial charge in [-0.2, -0.15) is 4.31 Å². The van der Waals surface area contributed by atoms with Crippen LogP contribution in [0.4, 0.5) is 4.39 Å². The van der Waals surface area contributed by atoms with Gasteiger partial charge < -0.3 is 0 Å². The Hall–Kier alpha value is -0.650. The Balaban J connectivity index is 2.21. The third kappa shape index (κ3) is 2.78. The van der Waals surface area contributed by atoms with Crippen molar-refractivity contribution >= 4 is 21.6 Å². The zero-order valence-corrected chi connectivity index (χ0v) is 10.7. The summed E-state index contributed by atoms with van der Waals surface area (Å²) in [4.78, 5) is 0.131. The number of benzene rings is 1. The molecule has 0 bridgehead atoms. The van der Waals surface area contributed by atoms with Crippen LogP contribution in [-0.2, 0) is 10.0 Å². The van der Waals surface area contributed by atoms with Gasteiger partial charge in [0.05, 0.1) is 4.90 Å². The first-order valence-electron chi connectivity index (χ1n) is 5.40. The molecular formula is C11H13ClFNO2S. The number of hydrogen-bond donors (Lipinski definition) is 0. The molecule has 2 rings (SSSR count). The van der Waals surface area contributed by atoms with Gasteiger partial charge in [0, 0.05) is 18.5 Å². The fourth-order valence-electron chi connectivity index (χ4n) is 1.82. The third-order valence-corrected chi connectivity index (χ3v) is 5.18. The maximum atomic E-state index is 12.7. The van der Waals surface area contributed by atoms with Gasteiger partial charge in [0.2, 0.25) is 10.0 Å². The van der Waals surface area contributed by atoms with E-state index in [-0.39, 0.29) is 10.3 Å². The Bertz CT molecular complexity index is 481. The highest BCUT2D eigenvalue weighted by Gasteiger charge is 2.28. The van der Waals surface area contributed by atoms with E-state index < -0.39 is 15.8 Å². The van der Waals surface area contributed by atoms with Gasteiger partial charge in [-0.15, -0.1) is 11.6 Å². The molecule has 1 heterocycles. The van der Waals surface area contributed by atoms with Gasteiger partial charge in [0.1, 0.15) is 5.82 Å². The summed E-state index contributed by atoms with van der Waals surface area (Å²) < 4.78 is 38.5. The summed E-state index contributed by atoms with van der Waals surface area (Å²) in [6.07, 6.45) is 1.31. The van der Waals surface area contributed by atoms with Crippen molar-refractivity contribution in [2.24, 2.45) is 0 Å². The summed E-state index contributed by atoms with van der Waals surface area (Å²) in [6.45, 7) is 0.849. The van der Waals surface area contributed by atoms with E-state index in [1.54, 1.807) is 0 Å². The smallest absolute Gasteiger partial charge is 0.207 e. The highest BCUT2D eigenvalue weighted by atomic mass is 35.5. The van der Waals surface area contributed by atoms with Gasteiger partial charge >= 0.3 is 0 Å². The minimum absolute atomic E-state index is 0.0506. The van der Waals surface area contributed by atoms with Crippen LogP contribution in [0.2, 0.25) is 0 Å². The largest absolute Gasteiger partial charge is 0.243 e. The molecule has 1 aliphatic heterocycles. The lowest BCUT2D eigenvalue weighted by Crippen LogP contribution is -2.38. The minimum atomic E-state index is -3.49. The van der Waals surface area contributed by atoms with E-state index in [2.05, 4.69) is 0 Å². The van der Waals surface area contributed by atoms with E-state index in [0.717, 1.165) is 12.1 Å². The highest BCUT2D eigenvalue weighted by Crippen LogP contribution is 2.22. The second-order valence-electron chi connectivity index (χ2n) is 4.03. The SMILES string of the molecule is O=S(=O)(c1ccc(F)cc1)N1CCC(Cl)CC1. The Morgan fingerprint density at radius 3 is 2.24 bits per heavy atom. The number of sulfonamides is 1. The van der Waals surface area contributed by atoms with Crippen LogP contribution in [0.15, 0.2) is 29.2 Å². The second kappa shape index (κ2) is 4.92. The normalized spacial score (nSPS) is 19.4. The van der Waals surface area contributed by atoms with Crippen LogP contribution >= 0.6 is 11.6 Å². The Morgan fingerprint density at radius 1 is 1.18 bits per heavy atom. The van der Waals surface area contributed by atoms with Crippen molar-refractivity contribution in [1.29, 1.82) is 0 Å². The molecule has 1 aromatic rings. The molecule has 0 N–H and O–H groups in total. The van der Waals surface area contributed by atoms with E-state index in [0.29, 0.717) is 25.9 Å². The fraction of sp³-hybridized carbons (Fsp3) is 0.455. The van der Waals surface area contributed by atoms with Crippen molar-refractivity contribution < 1.29 is 12.8 Å². The third-order valence-electron chi connectivity index (χ3n) is 2.83. The van der Waals surface area contributed by atoms with Crippen molar-refractivity contribution in [2.45, 2.75) is 23.1 Å². The molecule has 0 radical (unpaired) electrons. The summed E-state index contributed by atoms with van der Waals surface area (Å²) in [6, 6.07) is 4.89. The van der Waals surface area contributed by atoms with E-state index in [1.807, 2.05) is 0 Å². The molecule has 1 aliphatic rings. The number of halogens is 2. The van der Waals surface area contributed by atoms with Crippen molar-refractivity contribution in [1.82, 2.24) is 4.31 Å². The minimum Gasteiger partial charge on any atom is -0.207 e. The molecule has 1 aromatic carbocycles. The Morgan fingerprint density at radius 2 is 1.71 bits per heavy atom. The number of alkyl halides is 1. The maximum absolute atomic E-state index is 12.7. The monoisotopic (exact) mass is 277 g/mol. The quantitative estimate of drug-likeness (QED) is 0.778. The van der Waals surface area contributed by atoms with Crippen LogP contribution in [0, 0.1) is 5.82 Å². The second-order valence-corrected chi connectivity index (χ2v) is 6.59. The number of piperidine rings is 1.